The number of anilines is 3. The second kappa shape index (κ2) is 9.66. The first-order valence-electron chi connectivity index (χ1n) is 14.2. The third-order valence-corrected chi connectivity index (χ3v) is 20.8. The molecule has 6 heteroatoms. The van der Waals surface area contributed by atoms with Gasteiger partial charge >= 0.3 is 254 Å². The van der Waals surface area contributed by atoms with E-state index in [1.165, 1.54) is 23.7 Å². The zero-order valence-corrected chi connectivity index (χ0v) is 25.9. The van der Waals surface area contributed by atoms with Crippen LogP contribution in [0.15, 0.2) is 161 Å². The first-order chi connectivity index (χ1) is 21.0. The van der Waals surface area contributed by atoms with E-state index in [-0.39, 0.29) is 26.7 Å². The van der Waals surface area contributed by atoms with Crippen molar-refractivity contribution in [1.82, 2.24) is 0 Å². The summed E-state index contributed by atoms with van der Waals surface area (Å²) in [4.78, 5) is 16.0. The molecule has 0 N–H and O–H groups in total. The molecule has 0 saturated carbocycles. The van der Waals surface area contributed by atoms with Crippen LogP contribution < -0.4 is 22.5 Å². The van der Waals surface area contributed by atoms with Crippen molar-refractivity contribution in [2.75, 3.05) is 4.90 Å². The third-order valence-electron chi connectivity index (χ3n) is 8.69. The molecule has 2 aliphatic rings. The molecule has 0 bridgehead atoms. The number of sulfone groups is 1. The summed E-state index contributed by atoms with van der Waals surface area (Å²) < 4.78 is 32.3. The Hall–Kier alpha value is -4.72. The minimum atomic E-state index is -3.82. The SMILES string of the molecule is O=C1c2ccccc2S(=O)(=O)c2ccc(N3c4cccc[c]4[Ge]([c]4ccccc4)([c]4ccccc4)[c]4ccccc43)cc21. The fourth-order valence-corrected chi connectivity index (χ4v) is 19.3. The topological polar surface area (TPSA) is 54.5 Å². The summed E-state index contributed by atoms with van der Waals surface area (Å²) in [6.45, 7) is 0. The Morgan fingerprint density at radius 2 is 0.977 bits per heavy atom. The average molecular weight is 636 g/mol. The molecule has 0 spiro atoms. The molecular formula is C37H25GeNO3S. The predicted molar refractivity (Wildman–Crippen MR) is 174 cm³/mol. The first-order valence-corrected chi connectivity index (χ1v) is 19.8. The number of benzene rings is 6. The molecule has 4 nitrogen and oxygen atoms in total. The molecule has 0 aromatic heterocycles. The molecule has 0 unspecified atom stereocenters. The molecule has 8 rings (SSSR count). The number of para-hydroxylation sites is 2. The van der Waals surface area contributed by atoms with Gasteiger partial charge in [0.15, 0.2) is 0 Å². The number of hydrogen-bond donors (Lipinski definition) is 0. The predicted octanol–water partition coefficient (Wildman–Crippen LogP) is 5.22. The molecule has 6 aromatic carbocycles. The van der Waals surface area contributed by atoms with Crippen molar-refractivity contribution in [3.8, 4) is 0 Å². The van der Waals surface area contributed by atoms with E-state index >= 15 is 0 Å². The van der Waals surface area contributed by atoms with Gasteiger partial charge in [-0.2, -0.15) is 0 Å². The Kier molecular flexibility index (Phi) is 5.83. The fraction of sp³-hybridized carbons (Fsp3) is 0. The average Bonchev–Trinajstić information content (AvgIpc) is 3.07. The van der Waals surface area contributed by atoms with E-state index in [0.717, 1.165) is 17.1 Å². The van der Waals surface area contributed by atoms with Crippen LogP contribution in [0.5, 0.6) is 0 Å². The molecule has 2 aliphatic heterocycles. The molecule has 0 saturated heterocycles. The van der Waals surface area contributed by atoms with E-state index in [1.54, 1.807) is 30.3 Å². The number of carbonyl (C=O) groups excluding carboxylic acids is 1. The Morgan fingerprint density at radius 3 is 1.58 bits per heavy atom. The monoisotopic (exact) mass is 637 g/mol. The van der Waals surface area contributed by atoms with E-state index in [1.807, 2.05) is 18.2 Å². The zero-order valence-electron chi connectivity index (χ0n) is 23.0. The van der Waals surface area contributed by atoms with Crippen LogP contribution in [0, 0.1) is 0 Å². The van der Waals surface area contributed by atoms with Gasteiger partial charge in [-0.05, 0) is 0 Å². The van der Waals surface area contributed by atoms with Crippen LogP contribution in [-0.4, -0.2) is 27.5 Å². The Bertz CT molecular complexity index is 2090. The van der Waals surface area contributed by atoms with Gasteiger partial charge in [0.1, 0.15) is 0 Å². The second-order valence-corrected chi connectivity index (χ2v) is 20.6. The molecule has 0 aliphatic carbocycles. The number of hydrogen-bond acceptors (Lipinski definition) is 4. The summed E-state index contributed by atoms with van der Waals surface area (Å²) in [7, 11) is -3.82. The molecular weight excluding hydrogens is 611 g/mol. The number of rotatable bonds is 3. The van der Waals surface area contributed by atoms with Gasteiger partial charge in [-0.25, -0.2) is 0 Å². The van der Waals surface area contributed by atoms with Gasteiger partial charge < -0.3 is 0 Å². The summed E-state index contributed by atoms with van der Waals surface area (Å²) >= 11 is -3.52. The first kappa shape index (κ1) is 26.0. The summed E-state index contributed by atoms with van der Waals surface area (Å²) in [6.07, 6.45) is 0. The summed E-state index contributed by atoms with van der Waals surface area (Å²) in [5.41, 5.74) is 3.25. The van der Waals surface area contributed by atoms with Gasteiger partial charge in [0.25, 0.3) is 0 Å². The minimum absolute atomic E-state index is 0.0547. The molecule has 6 aromatic rings. The second-order valence-electron chi connectivity index (χ2n) is 10.9. The van der Waals surface area contributed by atoms with Gasteiger partial charge in [-0.3, -0.25) is 0 Å². The molecule has 0 radical (unpaired) electrons. The summed E-state index contributed by atoms with van der Waals surface area (Å²) in [5.74, 6) is -0.276. The van der Waals surface area contributed by atoms with E-state index in [0.29, 0.717) is 0 Å². The molecule has 206 valence electrons. The van der Waals surface area contributed by atoms with E-state index in [2.05, 4.69) is 102 Å². The van der Waals surface area contributed by atoms with Gasteiger partial charge in [0.05, 0.1) is 0 Å². The van der Waals surface area contributed by atoms with Crippen LogP contribution in [0.25, 0.3) is 0 Å². The number of ketones is 1. The number of fused-ring (bicyclic) bond motifs is 4. The quantitative estimate of drug-likeness (QED) is 0.250. The van der Waals surface area contributed by atoms with Crippen molar-refractivity contribution in [3.63, 3.8) is 0 Å². The van der Waals surface area contributed by atoms with Gasteiger partial charge in [0.2, 0.25) is 0 Å². The number of carbonyl (C=O) groups is 1. The van der Waals surface area contributed by atoms with Crippen molar-refractivity contribution in [1.29, 1.82) is 0 Å². The van der Waals surface area contributed by atoms with Crippen LogP contribution >= 0.6 is 0 Å². The standard InChI is InChI=1S/C37H25GeNO3S/c40-37-29-17-7-12-22-35(29)43(41,42)36-24-23-28(25-30(36)37)39-33-20-10-8-18-31(33)38(26-13-3-1-4-14-26,27-15-5-2-6-16-27)32-19-9-11-21-34(32)39/h1-25H. The molecule has 0 atom stereocenters. The Balaban J connectivity index is 1.42. The normalized spacial score (nSPS) is 15.5. The zero-order chi connectivity index (χ0) is 29.2. The van der Waals surface area contributed by atoms with Gasteiger partial charge in [-0.15, -0.1) is 0 Å². The van der Waals surface area contributed by atoms with Gasteiger partial charge in [0, 0.05) is 0 Å². The van der Waals surface area contributed by atoms with E-state index in [9.17, 15) is 13.2 Å². The van der Waals surface area contributed by atoms with Crippen LogP contribution in [0.4, 0.5) is 17.1 Å². The van der Waals surface area contributed by atoms with Crippen molar-refractivity contribution < 1.29 is 13.2 Å². The molecule has 43 heavy (non-hydrogen) atoms. The van der Waals surface area contributed by atoms with Crippen molar-refractivity contribution >= 4 is 63.5 Å². The maximum absolute atomic E-state index is 13.7. The van der Waals surface area contributed by atoms with E-state index < -0.39 is 23.1 Å². The van der Waals surface area contributed by atoms with Crippen LogP contribution in [0.1, 0.15) is 15.9 Å². The molecule has 0 fully saturated rings. The molecule has 2 heterocycles. The third kappa shape index (κ3) is 3.62. The van der Waals surface area contributed by atoms with Crippen LogP contribution in [0.3, 0.4) is 0 Å². The summed E-state index contributed by atoms with van der Waals surface area (Å²) in [6, 6.07) is 50.4. The van der Waals surface area contributed by atoms with Crippen molar-refractivity contribution in [3.05, 3.63) is 163 Å². The summed E-state index contributed by atoms with van der Waals surface area (Å²) in [5, 5.41) is 0. The fourth-order valence-electron chi connectivity index (χ4n) is 6.91. The van der Waals surface area contributed by atoms with E-state index in [4.69, 9.17) is 0 Å². The van der Waals surface area contributed by atoms with Crippen molar-refractivity contribution in [2.24, 2.45) is 0 Å². The van der Waals surface area contributed by atoms with Gasteiger partial charge in [-0.1, -0.05) is 0 Å². The molecule has 0 amide bonds. The van der Waals surface area contributed by atoms with Crippen LogP contribution in [-0.2, 0) is 9.84 Å². The number of nitrogens with zero attached hydrogens (tertiary/aromatic N) is 1. The Morgan fingerprint density at radius 1 is 0.488 bits per heavy atom. The van der Waals surface area contributed by atoms with Crippen molar-refractivity contribution in [2.45, 2.75) is 9.79 Å². The maximum atomic E-state index is 13.7. The Labute approximate surface area is 253 Å². The van der Waals surface area contributed by atoms with Crippen LogP contribution in [0.2, 0.25) is 0 Å².